The van der Waals surface area contributed by atoms with Crippen LogP contribution in [0.4, 0.5) is 11.5 Å². The van der Waals surface area contributed by atoms with E-state index in [9.17, 15) is 9.59 Å². The topological polar surface area (TPSA) is 103 Å². The largest absolute Gasteiger partial charge is 0.453 e. The van der Waals surface area contributed by atoms with Crippen LogP contribution >= 0.6 is 0 Å². The summed E-state index contributed by atoms with van der Waals surface area (Å²) in [6, 6.07) is 12.0. The first-order chi connectivity index (χ1) is 15.7. The van der Waals surface area contributed by atoms with Gasteiger partial charge in [0.1, 0.15) is 11.6 Å². The number of ether oxygens (including phenoxy) is 3. The monoisotopic (exact) mass is 432 g/mol. The summed E-state index contributed by atoms with van der Waals surface area (Å²) in [6.07, 6.45) is 3.35. The summed E-state index contributed by atoms with van der Waals surface area (Å²) < 4.78 is 16.4. The van der Waals surface area contributed by atoms with Gasteiger partial charge in [-0.25, -0.2) is 4.98 Å². The molecule has 1 N–H and O–H groups in total. The molecule has 0 bridgehead atoms. The highest BCUT2D eigenvalue weighted by Gasteiger charge is 2.26. The molecule has 0 saturated carbocycles. The van der Waals surface area contributed by atoms with Gasteiger partial charge in [-0.2, -0.15) is 0 Å². The fourth-order valence-corrected chi connectivity index (χ4v) is 3.54. The van der Waals surface area contributed by atoms with Gasteiger partial charge in [-0.15, -0.1) is 0 Å². The standard InChI is InChI=1S/C23H20N4O5/c28-21-14-18-22(32-21)19(6-8-24-18)31-17-3-1-16(2-4-17)26-23(29)15-5-7-25-20(13-15)27-9-11-30-12-10-27/h1-8,13H,9-12,14H2,(H,26,29). The Morgan fingerprint density at radius 1 is 1.03 bits per heavy atom. The maximum Gasteiger partial charge on any atom is 0.317 e. The number of anilines is 2. The number of rotatable bonds is 5. The summed E-state index contributed by atoms with van der Waals surface area (Å²) >= 11 is 0. The molecular formula is C23H20N4O5. The normalized spacial score (nSPS) is 15.1. The third-order valence-corrected chi connectivity index (χ3v) is 5.15. The first-order valence-corrected chi connectivity index (χ1v) is 10.2. The molecule has 2 aromatic heterocycles. The number of morpholine rings is 1. The SMILES string of the molecule is O=C1Cc2nccc(Oc3ccc(NC(=O)c4ccnc(N5CCOCC5)c4)cc3)c2O1. The second kappa shape index (κ2) is 8.64. The second-order valence-corrected chi connectivity index (χ2v) is 7.32. The molecular weight excluding hydrogens is 412 g/mol. The molecule has 0 aliphatic carbocycles. The average Bonchev–Trinajstić information content (AvgIpc) is 3.22. The van der Waals surface area contributed by atoms with Crippen LogP contribution in [0.1, 0.15) is 16.1 Å². The van der Waals surface area contributed by atoms with E-state index in [1.807, 2.05) is 0 Å². The number of fused-ring (bicyclic) bond motifs is 1. The summed E-state index contributed by atoms with van der Waals surface area (Å²) in [4.78, 5) is 34.8. The molecule has 2 aliphatic rings. The van der Waals surface area contributed by atoms with Crippen molar-refractivity contribution in [3.63, 3.8) is 0 Å². The molecule has 3 aromatic rings. The van der Waals surface area contributed by atoms with E-state index in [4.69, 9.17) is 14.2 Å². The maximum atomic E-state index is 12.7. The summed E-state index contributed by atoms with van der Waals surface area (Å²) in [6.45, 7) is 2.80. The molecule has 0 radical (unpaired) electrons. The van der Waals surface area contributed by atoms with Gasteiger partial charge in [0.25, 0.3) is 5.91 Å². The third kappa shape index (κ3) is 4.23. The van der Waals surface area contributed by atoms with Crippen LogP contribution in [0.5, 0.6) is 17.2 Å². The third-order valence-electron chi connectivity index (χ3n) is 5.15. The minimum Gasteiger partial charge on any atom is -0.453 e. The fourth-order valence-electron chi connectivity index (χ4n) is 3.54. The van der Waals surface area contributed by atoms with E-state index < -0.39 is 0 Å². The lowest BCUT2D eigenvalue weighted by Crippen LogP contribution is -2.36. The Balaban J connectivity index is 1.25. The number of carbonyl (C=O) groups excluding carboxylic acids is 2. The molecule has 1 fully saturated rings. The van der Waals surface area contributed by atoms with E-state index in [-0.39, 0.29) is 18.3 Å². The smallest absolute Gasteiger partial charge is 0.317 e. The maximum absolute atomic E-state index is 12.7. The van der Waals surface area contributed by atoms with E-state index in [1.54, 1.807) is 54.9 Å². The van der Waals surface area contributed by atoms with E-state index in [2.05, 4.69) is 20.2 Å². The summed E-state index contributed by atoms with van der Waals surface area (Å²) in [5.74, 6) is 1.49. The zero-order chi connectivity index (χ0) is 21.9. The van der Waals surface area contributed by atoms with E-state index in [1.165, 1.54) is 0 Å². The molecule has 0 atom stereocenters. The highest BCUT2D eigenvalue weighted by molar-refractivity contribution is 6.04. The molecule has 5 rings (SSSR count). The van der Waals surface area contributed by atoms with Crippen molar-refractivity contribution in [3.8, 4) is 17.2 Å². The van der Waals surface area contributed by atoms with Crippen molar-refractivity contribution in [2.75, 3.05) is 36.5 Å². The highest BCUT2D eigenvalue weighted by atomic mass is 16.6. The van der Waals surface area contributed by atoms with Crippen LogP contribution in [-0.4, -0.2) is 48.1 Å². The van der Waals surface area contributed by atoms with Crippen molar-refractivity contribution in [2.24, 2.45) is 0 Å². The van der Waals surface area contributed by atoms with Gasteiger partial charge in [-0.05, 0) is 36.4 Å². The number of hydrogen-bond acceptors (Lipinski definition) is 8. The van der Waals surface area contributed by atoms with Crippen LogP contribution < -0.4 is 19.7 Å². The minimum atomic E-state index is -0.352. The number of aromatic nitrogens is 2. The molecule has 9 nitrogen and oxygen atoms in total. The zero-order valence-electron chi connectivity index (χ0n) is 17.1. The Morgan fingerprint density at radius 2 is 1.81 bits per heavy atom. The number of nitrogens with zero attached hydrogens (tertiary/aromatic N) is 3. The van der Waals surface area contributed by atoms with Crippen LogP contribution in [0.15, 0.2) is 54.9 Å². The molecule has 162 valence electrons. The summed E-state index contributed by atoms with van der Waals surface area (Å²) in [5, 5.41) is 2.88. The predicted molar refractivity (Wildman–Crippen MR) is 115 cm³/mol. The number of esters is 1. The van der Waals surface area contributed by atoms with Gasteiger partial charge in [0.2, 0.25) is 0 Å². The lowest BCUT2D eigenvalue weighted by Gasteiger charge is -2.27. The van der Waals surface area contributed by atoms with Crippen LogP contribution in [-0.2, 0) is 16.0 Å². The molecule has 2 aliphatic heterocycles. The molecule has 1 amide bonds. The molecule has 1 aromatic carbocycles. The first-order valence-electron chi connectivity index (χ1n) is 10.2. The average molecular weight is 432 g/mol. The van der Waals surface area contributed by atoms with Gasteiger partial charge in [0.15, 0.2) is 11.5 Å². The number of pyridine rings is 2. The number of amides is 1. The van der Waals surface area contributed by atoms with Crippen LogP contribution in [0.25, 0.3) is 0 Å². The first kappa shape index (κ1) is 20.0. The Bertz CT molecular complexity index is 1160. The second-order valence-electron chi connectivity index (χ2n) is 7.32. The van der Waals surface area contributed by atoms with E-state index in [0.29, 0.717) is 47.4 Å². The molecule has 0 unspecified atom stereocenters. The molecule has 32 heavy (non-hydrogen) atoms. The van der Waals surface area contributed by atoms with Crippen molar-refractivity contribution in [1.82, 2.24) is 9.97 Å². The minimum absolute atomic E-state index is 0.139. The van der Waals surface area contributed by atoms with Gasteiger partial charge in [-0.3, -0.25) is 14.6 Å². The van der Waals surface area contributed by atoms with Gasteiger partial charge in [0.05, 0.1) is 25.3 Å². The lowest BCUT2D eigenvalue weighted by molar-refractivity contribution is -0.131. The predicted octanol–water partition coefficient (Wildman–Crippen LogP) is 2.82. The van der Waals surface area contributed by atoms with Gasteiger partial charge in [-0.1, -0.05) is 0 Å². The van der Waals surface area contributed by atoms with Crippen LogP contribution in [0.2, 0.25) is 0 Å². The summed E-state index contributed by atoms with van der Waals surface area (Å²) in [7, 11) is 0. The van der Waals surface area contributed by atoms with E-state index >= 15 is 0 Å². The lowest BCUT2D eigenvalue weighted by atomic mass is 10.2. The molecule has 0 spiro atoms. The Kier molecular flexibility index (Phi) is 5.39. The van der Waals surface area contributed by atoms with Crippen molar-refractivity contribution in [3.05, 3.63) is 66.1 Å². The number of benzene rings is 1. The van der Waals surface area contributed by atoms with Gasteiger partial charge >= 0.3 is 5.97 Å². The van der Waals surface area contributed by atoms with Gasteiger partial charge in [0, 0.05) is 42.8 Å². The quantitative estimate of drug-likeness (QED) is 0.614. The molecule has 4 heterocycles. The van der Waals surface area contributed by atoms with Crippen LogP contribution in [0.3, 0.4) is 0 Å². The molecule has 9 heteroatoms. The zero-order valence-corrected chi connectivity index (χ0v) is 17.1. The Hall–Kier alpha value is -3.98. The summed E-state index contributed by atoms with van der Waals surface area (Å²) in [5.41, 5.74) is 1.71. The number of hydrogen-bond donors (Lipinski definition) is 1. The number of carbonyl (C=O) groups is 2. The number of nitrogens with one attached hydrogen (secondary N) is 1. The fraction of sp³-hybridized carbons (Fsp3) is 0.217. The van der Waals surface area contributed by atoms with E-state index in [0.717, 1.165) is 18.9 Å². The van der Waals surface area contributed by atoms with Gasteiger partial charge < -0.3 is 24.4 Å². The Labute approximate surface area is 184 Å². The van der Waals surface area contributed by atoms with Crippen molar-refractivity contribution < 1.29 is 23.8 Å². The van der Waals surface area contributed by atoms with Crippen LogP contribution in [0, 0.1) is 0 Å². The van der Waals surface area contributed by atoms with Crippen molar-refractivity contribution >= 4 is 23.4 Å². The highest BCUT2D eigenvalue weighted by Crippen LogP contribution is 2.37. The van der Waals surface area contributed by atoms with Crippen molar-refractivity contribution in [2.45, 2.75) is 6.42 Å². The molecule has 1 saturated heterocycles. The Morgan fingerprint density at radius 3 is 2.62 bits per heavy atom. The van der Waals surface area contributed by atoms with Crippen molar-refractivity contribution in [1.29, 1.82) is 0 Å².